The Hall–Kier alpha value is 1.91. The molecule has 56 valence electrons. The molecule has 0 bridgehead atoms. The molecule has 7 nitrogen and oxygen atoms in total. The average Bonchev–Trinajstić information content (AvgIpc) is 0. The Morgan fingerprint density at radius 1 is 0.400 bits per heavy atom. The Balaban J connectivity index is 0. The minimum Gasteiger partial charge on any atom is -2.00 e. The molecule has 10 heteroatoms. The fraction of sp³-hybridized carbons (Fsp3) is 0. The van der Waals surface area contributed by atoms with Crippen molar-refractivity contribution in [3.05, 3.63) is 0 Å². The maximum Gasteiger partial charge on any atom is 5.00 e. The van der Waals surface area contributed by atoms with Crippen molar-refractivity contribution >= 4 is 0 Å². The van der Waals surface area contributed by atoms with Crippen molar-refractivity contribution in [2.45, 2.75) is 0 Å². The second-order valence-electron chi connectivity index (χ2n) is 0. The van der Waals surface area contributed by atoms with Gasteiger partial charge in [-0.05, 0) is 0 Å². The monoisotopic (exact) mass is 434 g/mol. The number of hydrogen-bond acceptors (Lipinski definition) is 0. The van der Waals surface area contributed by atoms with E-state index in [4.69, 9.17) is 0 Å². The smallest absolute Gasteiger partial charge is 2.00 e. The van der Waals surface area contributed by atoms with Crippen molar-refractivity contribution in [2.24, 2.45) is 0 Å². The van der Waals surface area contributed by atoms with Crippen LogP contribution in [0.5, 0.6) is 0 Å². The first-order valence-corrected chi connectivity index (χ1v) is 0. The summed E-state index contributed by atoms with van der Waals surface area (Å²) in [4.78, 5) is 0. The van der Waals surface area contributed by atoms with Crippen molar-refractivity contribution in [1.82, 2.24) is 0 Å². The SMILES string of the molecule is [Nb+5].[O-2].[O-2].[O-2].[O-2].[O-2].[O-2].[O-2].[Ta+5].[Ti+4]. The van der Waals surface area contributed by atoms with Crippen LogP contribution in [0.2, 0.25) is 0 Å². The molecule has 0 unspecified atom stereocenters. The van der Waals surface area contributed by atoms with Crippen LogP contribution in [-0.2, 0) is 105 Å². The van der Waals surface area contributed by atoms with Crippen LogP contribution in [0.3, 0.4) is 0 Å². The van der Waals surface area contributed by atoms with Crippen molar-refractivity contribution in [1.29, 1.82) is 0 Å². The summed E-state index contributed by atoms with van der Waals surface area (Å²) in [6, 6.07) is 0. The van der Waals surface area contributed by atoms with E-state index in [9.17, 15) is 0 Å². The van der Waals surface area contributed by atoms with Crippen LogP contribution in [0.1, 0.15) is 0 Å². The van der Waals surface area contributed by atoms with Gasteiger partial charge >= 0.3 is 66.5 Å². The van der Waals surface area contributed by atoms with Gasteiger partial charge in [-0.25, -0.2) is 0 Å². The van der Waals surface area contributed by atoms with Gasteiger partial charge in [0.1, 0.15) is 0 Å². The van der Waals surface area contributed by atoms with E-state index in [0.717, 1.165) is 0 Å². The van der Waals surface area contributed by atoms with Gasteiger partial charge in [0, 0.05) is 0 Å². The van der Waals surface area contributed by atoms with Gasteiger partial charge in [0.25, 0.3) is 0 Å². The van der Waals surface area contributed by atoms with Crippen LogP contribution in [0.25, 0.3) is 0 Å². The Morgan fingerprint density at radius 2 is 0.400 bits per heavy atom. The third-order valence-corrected chi connectivity index (χ3v) is 0. The summed E-state index contributed by atoms with van der Waals surface area (Å²) >= 11 is 0. The summed E-state index contributed by atoms with van der Waals surface area (Å²) in [5, 5.41) is 0. The maximum atomic E-state index is 0. The van der Waals surface area contributed by atoms with Gasteiger partial charge in [-0.2, -0.15) is 0 Å². The molecule has 0 aromatic rings. The fourth-order valence-corrected chi connectivity index (χ4v) is 0. The van der Waals surface area contributed by atoms with Gasteiger partial charge in [-0.15, -0.1) is 0 Å². The largest absolute Gasteiger partial charge is 5.00 e. The zero-order valence-corrected chi connectivity index (χ0v) is 11.2. The Labute approximate surface area is 104 Å². The first kappa shape index (κ1) is 387. The molecule has 0 heterocycles. The molecule has 0 aliphatic heterocycles. The van der Waals surface area contributed by atoms with Crippen LogP contribution in [0.15, 0.2) is 0 Å². The van der Waals surface area contributed by atoms with Gasteiger partial charge in [-0.3, -0.25) is 0 Å². The van der Waals surface area contributed by atoms with Gasteiger partial charge in [-0.1, -0.05) is 0 Å². The van der Waals surface area contributed by atoms with E-state index in [2.05, 4.69) is 0 Å². The molecular formula is NbO7TaTi. The van der Waals surface area contributed by atoms with Crippen molar-refractivity contribution in [3.63, 3.8) is 0 Å². The molecule has 0 fully saturated rings. The quantitative estimate of drug-likeness (QED) is 0.429. The molecule has 0 N–H and O–H groups in total. The molecule has 0 rings (SSSR count). The van der Waals surface area contributed by atoms with E-state index in [1.807, 2.05) is 0 Å². The van der Waals surface area contributed by atoms with Crippen LogP contribution in [-0.4, -0.2) is 0 Å². The van der Waals surface area contributed by atoms with E-state index in [1.54, 1.807) is 0 Å². The summed E-state index contributed by atoms with van der Waals surface area (Å²) in [5.41, 5.74) is 0. The van der Waals surface area contributed by atoms with E-state index in [0.29, 0.717) is 0 Å². The third kappa shape index (κ3) is 215. The predicted molar refractivity (Wildman–Crippen MR) is 4.81 cm³/mol. The second kappa shape index (κ2) is 293. The van der Waals surface area contributed by atoms with Crippen LogP contribution in [0, 0.1) is 0 Å². The Kier molecular flexibility index (Phi) is 11300. The van der Waals surface area contributed by atoms with Gasteiger partial charge in [0.2, 0.25) is 0 Å². The zero-order chi connectivity index (χ0) is 0. The van der Waals surface area contributed by atoms with E-state index < -0.39 is 0 Å². The fourth-order valence-electron chi connectivity index (χ4n) is 0. The van der Waals surface area contributed by atoms with Gasteiger partial charge in [0.05, 0.1) is 0 Å². The summed E-state index contributed by atoms with van der Waals surface area (Å²) in [7, 11) is 0. The molecule has 0 radical (unpaired) electrons. The van der Waals surface area contributed by atoms with Gasteiger partial charge < -0.3 is 38.3 Å². The number of hydrogen-bond donors (Lipinski definition) is 0. The van der Waals surface area contributed by atoms with E-state index >= 15 is 0 Å². The van der Waals surface area contributed by atoms with Crippen molar-refractivity contribution in [2.75, 3.05) is 0 Å². The van der Waals surface area contributed by atoms with E-state index in [1.165, 1.54) is 0 Å². The summed E-state index contributed by atoms with van der Waals surface area (Å²) < 4.78 is 0. The molecular weight excluding hydrogens is 434 g/mol. The van der Waals surface area contributed by atoms with E-state index in [-0.39, 0.29) is 105 Å². The predicted octanol–water partition coefficient (Wildman–Crippen LogP) is -0.839. The summed E-state index contributed by atoms with van der Waals surface area (Å²) in [5.74, 6) is 0. The van der Waals surface area contributed by atoms with Crippen LogP contribution >= 0.6 is 0 Å². The maximum absolute atomic E-state index is 0. The molecule has 0 spiro atoms. The molecule has 0 aliphatic rings. The second-order valence-corrected chi connectivity index (χ2v) is 0. The molecule has 0 amide bonds. The Morgan fingerprint density at radius 3 is 0.400 bits per heavy atom. The number of rotatable bonds is 0. The van der Waals surface area contributed by atoms with Crippen LogP contribution < -0.4 is 0 Å². The summed E-state index contributed by atoms with van der Waals surface area (Å²) in [6.07, 6.45) is 0. The normalized spacial score (nSPS) is 0. The molecule has 0 saturated heterocycles. The zero-order valence-electron chi connectivity index (χ0n) is 4.25. The first-order valence-electron chi connectivity index (χ1n) is 0. The molecule has 0 atom stereocenters. The summed E-state index contributed by atoms with van der Waals surface area (Å²) in [6.45, 7) is 0. The van der Waals surface area contributed by atoms with Crippen molar-refractivity contribution in [3.8, 4) is 0 Å². The minimum absolute atomic E-state index is 0. The molecule has 0 aromatic carbocycles. The molecule has 10 heavy (non-hydrogen) atoms. The molecule has 0 saturated carbocycles. The topological polar surface area (TPSA) is 200 Å². The van der Waals surface area contributed by atoms with Crippen LogP contribution in [0.4, 0.5) is 0 Å². The minimum atomic E-state index is 0. The Bertz CT molecular complexity index is 13.6. The first-order chi connectivity index (χ1) is 0. The van der Waals surface area contributed by atoms with Gasteiger partial charge in [0.15, 0.2) is 0 Å². The third-order valence-electron chi connectivity index (χ3n) is 0. The molecule has 0 aromatic heterocycles. The van der Waals surface area contributed by atoms with Crippen molar-refractivity contribution < 1.29 is 105 Å². The standard InChI is InChI=1S/Nb.7O.Ta.Ti/q+5;7*-2;+5;+4. The molecule has 0 aliphatic carbocycles. The average molecular weight is 434 g/mol.